The highest BCUT2D eigenvalue weighted by Crippen LogP contribution is 2.25. The van der Waals surface area contributed by atoms with Crippen LogP contribution >= 0.6 is 0 Å². The van der Waals surface area contributed by atoms with Crippen molar-refractivity contribution in [3.05, 3.63) is 113 Å². The normalized spacial score (nSPS) is 13.1. The van der Waals surface area contributed by atoms with Gasteiger partial charge in [0.2, 0.25) is 5.91 Å². The minimum Gasteiger partial charge on any atom is -0.391 e. The number of hydrogen-bond donors (Lipinski definition) is 0. The number of nitriles is 1. The van der Waals surface area contributed by atoms with E-state index in [1.54, 1.807) is 41.3 Å². The molecule has 8 heteroatoms. The molecule has 0 spiro atoms. The van der Waals surface area contributed by atoms with Crippen LogP contribution in [0.5, 0.6) is 0 Å². The third-order valence-electron chi connectivity index (χ3n) is 5.81. The van der Waals surface area contributed by atoms with Gasteiger partial charge < -0.3 is 9.74 Å². The summed E-state index contributed by atoms with van der Waals surface area (Å²) in [6.45, 7) is 0.933. The van der Waals surface area contributed by atoms with Crippen LogP contribution in [0.2, 0.25) is 0 Å². The van der Waals surface area contributed by atoms with E-state index >= 15 is 0 Å². The summed E-state index contributed by atoms with van der Waals surface area (Å²) in [5.41, 5.74) is 3.17. The average molecular weight is 489 g/mol. The summed E-state index contributed by atoms with van der Waals surface area (Å²) in [5, 5.41) is 12.9. The minimum absolute atomic E-state index is 0.0295. The Hall–Kier alpha value is -4.38. The van der Waals surface area contributed by atoms with Gasteiger partial charge in [0.25, 0.3) is 0 Å². The number of hydrogen-bond acceptors (Lipinski definition) is 4. The van der Waals surface area contributed by atoms with Gasteiger partial charge in [-0.05, 0) is 58.7 Å². The van der Waals surface area contributed by atoms with Crippen LogP contribution in [0.15, 0.2) is 78.0 Å². The fraction of sp³-hybridized carbons (Fsp3) is 0.179. The second-order valence-electron chi connectivity index (χ2n) is 8.25. The number of halogens is 3. The van der Waals surface area contributed by atoms with Crippen LogP contribution in [-0.4, -0.2) is 29.6 Å². The fourth-order valence-corrected chi connectivity index (χ4v) is 3.82. The summed E-state index contributed by atoms with van der Waals surface area (Å²) in [5.74, 6) is -1.60. The third kappa shape index (κ3) is 6.19. The molecule has 36 heavy (non-hydrogen) atoms. The lowest BCUT2D eigenvalue weighted by Gasteiger charge is -2.27. The number of benzene rings is 3. The van der Waals surface area contributed by atoms with Gasteiger partial charge in [-0.3, -0.25) is 4.79 Å². The molecular weight excluding hydrogens is 467 g/mol. The Labute approximate surface area is 206 Å². The van der Waals surface area contributed by atoms with Crippen LogP contribution in [0.25, 0.3) is 5.57 Å². The summed E-state index contributed by atoms with van der Waals surface area (Å²) in [6, 6.07) is 17.6. The molecule has 0 aromatic heterocycles. The number of piperidine rings is 1. The van der Waals surface area contributed by atoms with Crippen molar-refractivity contribution >= 4 is 17.2 Å². The van der Waals surface area contributed by atoms with Crippen LogP contribution in [0, 0.1) is 28.8 Å². The van der Waals surface area contributed by atoms with Gasteiger partial charge in [-0.2, -0.15) is 5.26 Å². The largest absolute Gasteiger partial charge is 0.391 e. The standard InChI is InChI=1S/C28H22F3N3O2/c29-23-7-3-20(4-8-23)26(21-5-9-24(30)10-6-21)16-28(35)34-13-11-25(12-14-34)33-36-18-19-1-2-22(17-32)27(31)15-19/h1-10,15-16H,11-14,18H2. The van der Waals surface area contributed by atoms with E-state index < -0.39 is 17.5 Å². The van der Waals surface area contributed by atoms with E-state index in [9.17, 15) is 18.0 Å². The lowest BCUT2D eigenvalue weighted by molar-refractivity contribution is -0.126. The van der Waals surface area contributed by atoms with E-state index in [1.165, 1.54) is 42.5 Å². The average Bonchev–Trinajstić information content (AvgIpc) is 2.89. The second kappa shape index (κ2) is 11.4. The quantitative estimate of drug-likeness (QED) is 0.334. The topological polar surface area (TPSA) is 65.7 Å². The maximum Gasteiger partial charge on any atom is 0.247 e. The first-order chi connectivity index (χ1) is 17.4. The van der Waals surface area contributed by atoms with Gasteiger partial charge in [-0.1, -0.05) is 35.5 Å². The summed E-state index contributed by atoms with van der Waals surface area (Å²) in [6.07, 6.45) is 2.52. The van der Waals surface area contributed by atoms with E-state index in [-0.39, 0.29) is 18.1 Å². The Balaban J connectivity index is 1.40. The van der Waals surface area contributed by atoms with Crippen molar-refractivity contribution in [1.29, 1.82) is 5.26 Å². The molecule has 4 rings (SSSR count). The van der Waals surface area contributed by atoms with Gasteiger partial charge >= 0.3 is 0 Å². The first kappa shape index (κ1) is 24.7. The second-order valence-corrected chi connectivity index (χ2v) is 8.25. The number of carbonyl (C=O) groups excluding carboxylic acids is 1. The number of oxime groups is 1. The highest BCUT2D eigenvalue weighted by atomic mass is 19.1. The molecule has 1 fully saturated rings. The molecule has 0 bridgehead atoms. The molecule has 0 aliphatic carbocycles. The van der Waals surface area contributed by atoms with Gasteiger partial charge in [-0.25, -0.2) is 13.2 Å². The molecule has 1 amide bonds. The molecule has 0 N–H and O–H groups in total. The third-order valence-corrected chi connectivity index (χ3v) is 5.81. The van der Waals surface area contributed by atoms with Crippen molar-refractivity contribution in [3.8, 4) is 6.07 Å². The molecule has 0 radical (unpaired) electrons. The zero-order valence-corrected chi connectivity index (χ0v) is 19.3. The highest BCUT2D eigenvalue weighted by molar-refractivity contribution is 6.00. The van der Waals surface area contributed by atoms with E-state index in [2.05, 4.69) is 5.16 Å². The Morgan fingerprint density at radius 2 is 1.53 bits per heavy atom. The van der Waals surface area contributed by atoms with E-state index in [0.29, 0.717) is 48.2 Å². The summed E-state index contributed by atoms with van der Waals surface area (Å²) in [7, 11) is 0. The molecule has 1 saturated heterocycles. The molecule has 0 saturated carbocycles. The molecule has 0 unspecified atom stereocenters. The summed E-state index contributed by atoms with van der Waals surface area (Å²) in [4.78, 5) is 20.1. The Kier molecular flexibility index (Phi) is 7.81. The van der Waals surface area contributed by atoms with Gasteiger partial charge in [0.1, 0.15) is 30.1 Å². The lowest BCUT2D eigenvalue weighted by atomic mass is 9.97. The monoisotopic (exact) mass is 489 g/mol. The zero-order chi connectivity index (χ0) is 25.5. The van der Waals surface area contributed by atoms with Gasteiger partial charge in [0, 0.05) is 32.0 Å². The number of likely N-dealkylation sites (tertiary alicyclic amines) is 1. The van der Waals surface area contributed by atoms with Gasteiger partial charge in [-0.15, -0.1) is 0 Å². The molecule has 1 heterocycles. The maximum absolute atomic E-state index is 13.7. The van der Waals surface area contributed by atoms with E-state index in [0.717, 1.165) is 5.71 Å². The van der Waals surface area contributed by atoms with E-state index in [4.69, 9.17) is 10.1 Å². The van der Waals surface area contributed by atoms with Crippen molar-refractivity contribution in [2.24, 2.45) is 5.16 Å². The van der Waals surface area contributed by atoms with Crippen LogP contribution in [-0.2, 0) is 16.2 Å². The summed E-state index contributed by atoms with van der Waals surface area (Å²) >= 11 is 0. The van der Waals surface area contributed by atoms with Gasteiger partial charge in [0.15, 0.2) is 0 Å². The predicted molar refractivity (Wildman–Crippen MR) is 129 cm³/mol. The molecule has 5 nitrogen and oxygen atoms in total. The van der Waals surface area contributed by atoms with Crippen molar-refractivity contribution in [2.45, 2.75) is 19.4 Å². The lowest BCUT2D eigenvalue weighted by Crippen LogP contribution is -2.37. The number of nitrogens with zero attached hydrogens (tertiary/aromatic N) is 3. The molecule has 1 aliphatic heterocycles. The number of rotatable bonds is 6. The van der Waals surface area contributed by atoms with Crippen LogP contribution in [0.3, 0.4) is 0 Å². The molecule has 1 aliphatic rings. The van der Waals surface area contributed by atoms with Crippen molar-refractivity contribution < 1.29 is 22.8 Å². The van der Waals surface area contributed by atoms with Crippen LogP contribution < -0.4 is 0 Å². The molecule has 3 aromatic rings. The predicted octanol–water partition coefficient (Wildman–Crippen LogP) is 5.60. The van der Waals surface area contributed by atoms with Crippen LogP contribution in [0.4, 0.5) is 13.2 Å². The van der Waals surface area contributed by atoms with E-state index in [1.807, 2.05) is 0 Å². The zero-order valence-electron chi connectivity index (χ0n) is 19.3. The first-order valence-corrected chi connectivity index (χ1v) is 11.3. The first-order valence-electron chi connectivity index (χ1n) is 11.3. The van der Waals surface area contributed by atoms with Crippen molar-refractivity contribution in [1.82, 2.24) is 4.90 Å². The Morgan fingerprint density at radius 3 is 2.06 bits per heavy atom. The smallest absolute Gasteiger partial charge is 0.247 e. The SMILES string of the molecule is N#Cc1ccc(CON=C2CCN(C(=O)C=C(c3ccc(F)cc3)c3ccc(F)cc3)CC2)cc1F. The molecule has 3 aromatic carbocycles. The number of amides is 1. The Bertz CT molecular complexity index is 1290. The highest BCUT2D eigenvalue weighted by Gasteiger charge is 2.20. The minimum atomic E-state index is -0.605. The van der Waals surface area contributed by atoms with Crippen molar-refractivity contribution in [3.63, 3.8) is 0 Å². The fourth-order valence-electron chi connectivity index (χ4n) is 3.82. The maximum atomic E-state index is 13.7. The molecule has 182 valence electrons. The van der Waals surface area contributed by atoms with Crippen LogP contribution in [0.1, 0.15) is 35.1 Å². The molecular formula is C28H22F3N3O2. The number of carbonyl (C=O) groups is 1. The Morgan fingerprint density at radius 1 is 0.944 bits per heavy atom. The van der Waals surface area contributed by atoms with Crippen molar-refractivity contribution in [2.75, 3.05) is 13.1 Å². The summed E-state index contributed by atoms with van der Waals surface area (Å²) < 4.78 is 40.6. The van der Waals surface area contributed by atoms with Gasteiger partial charge in [0.05, 0.1) is 11.3 Å². The molecule has 0 atom stereocenters.